The van der Waals surface area contributed by atoms with Gasteiger partial charge in [-0.2, -0.15) is 5.10 Å². The summed E-state index contributed by atoms with van der Waals surface area (Å²) in [4.78, 5) is 28.6. The van der Waals surface area contributed by atoms with E-state index >= 15 is 0 Å². The van der Waals surface area contributed by atoms with E-state index < -0.39 is 5.60 Å². The zero-order valence-corrected chi connectivity index (χ0v) is 19.3. The number of piperidine rings is 1. The maximum atomic E-state index is 12.5. The number of nitrogens with one attached hydrogen (secondary N) is 1. The third-order valence-corrected chi connectivity index (χ3v) is 6.72. The summed E-state index contributed by atoms with van der Waals surface area (Å²) in [6, 6.07) is 4.08. The van der Waals surface area contributed by atoms with Crippen molar-refractivity contribution in [3.05, 3.63) is 23.3 Å². The van der Waals surface area contributed by atoms with E-state index in [1.807, 2.05) is 37.5 Å². The molecular weight excluding hydrogens is 408 g/mol. The first-order chi connectivity index (χ1) is 15.2. The number of anilines is 1. The summed E-state index contributed by atoms with van der Waals surface area (Å²) in [5.41, 5.74) is 5.73. The Bertz CT molecular complexity index is 971. The van der Waals surface area contributed by atoms with Crippen molar-refractivity contribution in [2.24, 2.45) is 5.10 Å². The van der Waals surface area contributed by atoms with Gasteiger partial charge in [0.2, 0.25) is 0 Å². The summed E-state index contributed by atoms with van der Waals surface area (Å²) in [6.45, 7) is 9.32. The average molecular weight is 441 g/mol. The molecule has 8 nitrogen and oxygen atoms in total. The molecule has 172 valence electrons. The lowest BCUT2D eigenvalue weighted by Crippen LogP contribution is -2.55. The van der Waals surface area contributed by atoms with Crippen molar-refractivity contribution in [1.82, 2.24) is 10.3 Å². The number of hydrogen-bond donors (Lipinski definition) is 1. The largest absolute Gasteiger partial charge is 0.483 e. The number of likely N-dealkylation sites (tertiary alicyclic amines) is 1. The molecule has 2 amide bonds. The summed E-state index contributed by atoms with van der Waals surface area (Å²) in [6.07, 6.45) is 3.98. The van der Waals surface area contributed by atoms with E-state index in [9.17, 15) is 9.59 Å². The van der Waals surface area contributed by atoms with Gasteiger partial charge >= 0.3 is 6.09 Å². The van der Waals surface area contributed by atoms with Crippen LogP contribution in [0.1, 0.15) is 76.3 Å². The molecule has 8 heteroatoms. The number of amides is 2. The lowest BCUT2D eigenvalue weighted by molar-refractivity contribution is -0.122. The van der Waals surface area contributed by atoms with E-state index in [-0.39, 0.29) is 18.0 Å². The standard InChI is InChI=1S/C24H32N4O4/c1-14-22(29)26-25-21-13-31-20-12-18(15-5-6-15)17(11-19(20)28(14)21)16-7-9-27(10-8-16)23(30)32-24(2,3)4/h11-12,14-16H,5-10,13H2,1-4H3,(H,26,29). The molecule has 1 aliphatic carbocycles. The van der Waals surface area contributed by atoms with Gasteiger partial charge < -0.3 is 19.3 Å². The van der Waals surface area contributed by atoms with Gasteiger partial charge in [0, 0.05) is 13.1 Å². The third kappa shape index (κ3) is 3.91. The summed E-state index contributed by atoms with van der Waals surface area (Å²) in [7, 11) is 0. The predicted octanol–water partition coefficient (Wildman–Crippen LogP) is 3.71. The Morgan fingerprint density at radius 2 is 1.78 bits per heavy atom. The van der Waals surface area contributed by atoms with Gasteiger partial charge in [0.25, 0.3) is 5.91 Å². The van der Waals surface area contributed by atoms with E-state index in [0.717, 1.165) is 30.1 Å². The van der Waals surface area contributed by atoms with Gasteiger partial charge in [-0.05, 0) is 88.5 Å². The highest BCUT2D eigenvalue weighted by Gasteiger charge is 2.38. The normalized spacial score (nSPS) is 23.6. The lowest BCUT2D eigenvalue weighted by atomic mass is 9.84. The second kappa shape index (κ2) is 7.67. The van der Waals surface area contributed by atoms with Crippen molar-refractivity contribution in [3.8, 4) is 5.75 Å². The van der Waals surface area contributed by atoms with Gasteiger partial charge in [0.05, 0.1) is 5.69 Å². The van der Waals surface area contributed by atoms with Crippen LogP contribution in [-0.4, -0.2) is 54.1 Å². The van der Waals surface area contributed by atoms with Crippen LogP contribution in [0, 0.1) is 0 Å². The number of hydrogen-bond acceptors (Lipinski definition) is 6. The lowest BCUT2D eigenvalue weighted by Gasteiger charge is -2.39. The number of carbonyl (C=O) groups excluding carboxylic acids is 2. The molecule has 32 heavy (non-hydrogen) atoms. The van der Waals surface area contributed by atoms with Crippen molar-refractivity contribution in [1.29, 1.82) is 0 Å². The molecule has 1 N–H and O–H groups in total. The number of hydrazone groups is 1. The first kappa shape index (κ1) is 21.1. The Hall–Kier alpha value is -2.77. The Kier molecular flexibility index (Phi) is 5.06. The molecule has 0 bridgehead atoms. The zero-order chi connectivity index (χ0) is 22.6. The topological polar surface area (TPSA) is 83.5 Å². The van der Waals surface area contributed by atoms with E-state index in [2.05, 4.69) is 22.7 Å². The molecule has 1 atom stereocenters. The van der Waals surface area contributed by atoms with Gasteiger partial charge in [-0.25, -0.2) is 10.2 Å². The Morgan fingerprint density at radius 3 is 2.44 bits per heavy atom. The van der Waals surface area contributed by atoms with Crippen LogP contribution in [0.5, 0.6) is 5.75 Å². The number of carbonyl (C=O) groups is 2. The van der Waals surface area contributed by atoms with Crippen LogP contribution in [0.4, 0.5) is 10.5 Å². The maximum absolute atomic E-state index is 12.5. The van der Waals surface area contributed by atoms with Crippen molar-refractivity contribution >= 4 is 23.5 Å². The highest BCUT2D eigenvalue weighted by molar-refractivity contribution is 6.09. The molecule has 4 aliphatic rings. The summed E-state index contributed by atoms with van der Waals surface area (Å²) >= 11 is 0. The molecule has 3 aliphatic heterocycles. The Balaban J connectivity index is 1.41. The minimum Gasteiger partial charge on any atom is -0.483 e. The number of benzene rings is 1. The quantitative estimate of drug-likeness (QED) is 0.758. The number of amidine groups is 1. The smallest absolute Gasteiger partial charge is 0.410 e. The SMILES string of the molecule is CC1C(=O)NN=C2COc3cc(C4CC4)c(C4CCN(C(=O)OC(C)(C)C)CC4)cc3N21. The van der Waals surface area contributed by atoms with Gasteiger partial charge in [0.15, 0.2) is 5.84 Å². The summed E-state index contributed by atoms with van der Waals surface area (Å²) in [5.74, 6) is 2.41. The fraction of sp³-hybridized carbons (Fsp3) is 0.625. The number of fused-ring (bicyclic) bond motifs is 3. The Labute approximate surface area is 188 Å². The average Bonchev–Trinajstić information content (AvgIpc) is 3.59. The summed E-state index contributed by atoms with van der Waals surface area (Å²) in [5, 5.41) is 4.21. The molecule has 0 aromatic heterocycles. The van der Waals surface area contributed by atoms with Crippen LogP contribution in [0.3, 0.4) is 0 Å². The van der Waals surface area contributed by atoms with Crippen molar-refractivity contribution in [3.63, 3.8) is 0 Å². The fourth-order valence-corrected chi connectivity index (χ4v) is 4.90. The highest BCUT2D eigenvalue weighted by Crippen LogP contribution is 2.49. The third-order valence-electron chi connectivity index (χ3n) is 6.72. The molecule has 0 radical (unpaired) electrons. The first-order valence-electron chi connectivity index (χ1n) is 11.7. The van der Waals surface area contributed by atoms with E-state index in [1.165, 1.54) is 24.0 Å². The number of rotatable bonds is 2. The second-order valence-electron chi connectivity index (χ2n) is 10.3. The molecule has 1 saturated carbocycles. The van der Waals surface area contributed by atoms with Gasteiger partial charge in [-0.3, -0.25) is 4.79 Å². The molecular formula is C24H32N4O4. The molecule has 1 aromatic rings. The molecule has 3 heterocycles. The summed E-state index contributed by atoms with van der Waals surface area (Å²) < 4.78 is 11.6. The van der Waals surface area contributed by atoms with Crippen LogP contribution in [0.2, 0.25) is 0 Å². The van der Waals surface area contributed by atoms with Crippen LogP contribution in [-0.2, 0) is 9.53 Å². The van der Waals surface area contributed by atoms with Gasteiger partial charge in [-0.1, -0.05) is 0 Å². The van der Waals surface area contributed by atoms with Crippen molar-refractivity contribution in [2.45, 2.75) is 76.9 Å². The van der Waals surface area contributed by atoms with E-state index in [4.69, 9.17) is 9.47 Å². The molecule has 1 saturated heterocycles. The van der Waals surface area contributed by atoms with Crippen LogP contribution >= 0.6 is 0 Å². The van der Waals surface area contributed by atoms with E-state index in [1.54, 1.807) is 0 Å². The zero-order valence-electron chi connectivity index (χ0n) is 19.3. The van der Waals surface area contributed by atoms with Crippen LogP contribution < -0.4 is 15.1 Å². The highest BCUT2D eigenvalue weighted by atomic mass is 16.6. The second-order valence-corrected chi connectivity index (χ2v) is 10.3. The van der Waals surface area contributed by atoms with Crippen molar-refractivity contribution in [2.75, 3.05) is 24.6 Å². The van der Waals surface area contributed by atoms with Gasteiger partial charge in [-0.15, -0.1) is 0 Å². The monoisotopic (exact) mass is 440 g/mol. The maximum Gasteiger partial charge on any atom is 0.410 e. The van der Waals surface area contributed by atoms with Crippen LogP contribution in [0.15, 0.2) is 17.2 Å². The number of nitrogens with zero attached hydrogens (tertiary/aromatic N) is 3. The minimum absolute atomic E-state index is 0.111. The molecule has 1 unspecified atom stereocenters. The fourth-order valence-electron chi connectivity index (χ4n) is 4.90. The first-order valence-corrected chi connectivity index (χ1v) is 11.7. The minimum atomic E-state index is -0.484. The molecule has 0 spiro atoms. The van der Waals surface area contributed by atoms with Gasteiger partial charge in [0.1, 0.15) is 24.0 Å². The molecule has 1 aromatic carbocycles. The molecule has 5 rings (SSSR count). The molecule has 2 fully saturated rings. The van der Waals surface area contributed by atoms with Crippen molar-refractivity contribution < 1.29 is 19.1 Å². The van der Waals surface area contributed by atoms with E-state index in [0.29, 0.717) is 31.5 Å². The predicted molar refractivity (Wildman–Crippen MR) is 121 cm³/mol. The van der Waals surface area contributed by atoms with Crippen LogP contribution in [0.25, 0.3) is 0 Å². The number of ether oxygens (including phenoxy) is 2. The Morgan fingerprint density at radius 1 is 1.12 bits per heavy atom.